The van der Waals surface area contributed by atoms with Gasteiger partial charge in [0.25, 0.3) is 0 Å². The Balaban J connectivity index is 2.32. The van der Waals surface area contributed by atoms with Crippen molar-refractivity contribution < 1.29 is 19.1 Å². The molecule has 1 heterocycles. The highest BCUT2D eigenvalue weighted by Crippen LogP contribution is 2.28. The molecule has 0 aromatic heterocycles. The second-order valence-corrected chi connectivity index (χ2v) is 6.77. The maximum absolute atomic E-state index is 12.4. The zero-order valence-electron chi connectivity index (χ0n) is 14.6. The first-order valence-corrected chi connectivity index (χ1v) is 8.26. The van der Waals surface area contributed by atoms with Gasteiger partial charge in [0.1, 0.15) is 6.10 Å². The second kappa shape index (κ2) is 7.56. The summed E-state index contributed by atoms with van der Waals surface area (Å²) >= 11 is 0. The Kier molecular flexibility index (Phi) is 5.71. The third-order valence-electron chi connectivity index (χ3n) is 4.51. The molecule has 2 aliphatic rings. The van der Waals surface area contributed by atoms with E-state index in [9.17, 15) is 14.4 Å². The summed E-state index contributed by atoms with van der Waals surface area (Å²) in [6.07, 6.45) is 6.46. The minimum atomic E-state index is -0.311. The summed E-state index contributed by atoms with van der Waals surface area (Å²) < 4.78 is 5.36. The van der Waals surface area contributed by atoms with Crippen LogP contribution >= 0.6 is 0 Å². The SMILES string of the molecule is C=C(C)C1CCC2=C[C@H](C/C(C)=C\C(=O)/C=C(/C)C(=O)C1)OC2=O. The maximum atomic E-state index is 12.4. The van der Waals surface area contributed by atoms with Gasteiger partial charge in [0.15, 0.2) is 11.6 Å². The van der Waals surface area contributed by atoms with Crippen LogP contribution in [0, 0.1) is 5.92 Å². The fraction of sp³-hybridized carbons (Fsp3) is 0.450. The molecule has 2 atom stereocenters. The number of allylic oxidation sites excluding steroid dienone is 4. The van der Waals surface area contributed by atoms with Crippen molar-refractivity contribution in [2.75, 3.05) is 0 Å². The van der Waals surface area contributed by atoms with Gasteiger partial charge < -0.3 is 4.74 Å². The Labute approximate surface area is 143 Å². The predicted octanol–water partition coefficient (Wildman–Crippen LogP) is 3.64. The van der Waals surface area contributed by atoms with Crippen LogP contribution in [0.5, 0.6) is 0 Å². The van der Waals surface area contributed by atoms with Crippen molar-refractivity contribution >= 4 is 17.5 Å². The minimum Gasteiger partial charge on any atom is -0.454 e. The first-order chi connectivity index (χ1) is 11.3. The third-order valence-corrected chi connectivity index (χ3v) is 4.51. The molecule has 2 rings (SSSR count). The lowest BCUT2D eigenvalue weighted by Crippen LogP contribution is -2.12. The third kappa shape index (κ3) is 4.63. The molecule has 0 amide bonds. The van der Waals surface area contributed by atoms with Gasteiger partial charge in [-0.15, -0.1) is 0 Å². The van der Waals surface area contributed by atoms with Crippen LogP contribution in [-0.2, 0) is 19.1 Å². The van der Waals surface area contributed by atoms with Crippen LogP contribution in [0.15, 0.2) is 47.1 Å². The molecule has 4 heteroatoms. The summed E-state index contributed by atoms with van der Waals surface area (Å²) in [7, 11) is 0. The maximum Gasteiger partial charge on any atom is 0.334 e. The molecule has 0 fully saturated rings. The summed E-state index contributed by atoms with van der Waals surface area (Å²) in [6, 6.07) is 0. The Morgan fingerprint density at radius 3 is 2.54 bits per heavy atom. The fourth-order valence-corrected chi connectivity index (χ4v) is 3.02. The van der Waals surface area contributed by atoms with Gasteiger partial charge in [0.2, 0.25) is 0 Å². The molecule has 0 saturated heterocycles. The monoisotopic (exact) mass is 328 g/mol. The second-order valence-electron chi connectivity index (χ2n) is 6.77. The van der Waals surface area contributed by atoms with Gasteiger partial charge in [0.05, 0.1) is 0 Å². The molecule has 0 saturated carbocycles. The number of ketones is 2. The van der Waals surface area contributed by atoms with Crippen LogP contribution in [0.2, 0.25) is 0 Å². The molecule has 0 aromatic carbocycles. The van der Waals surface area contributed by atoms with Gasteiger partial charge in [-0.25, -0.2) is 4.79 Å². The molecular weight excluding hydrogens is 304 g/mol. The molecule has 1 aliphatic carbocycles. The molecule has 1 aliphatic heterocycles. The summed E-state index contributed by atoms with van der Waals surface area (Å²) in [5, 5.41) is 0. The number of fused-ring (bicyclic) bond motifs is 1. The average Bonchev–Trinajstić information content (AvgIpc) is 2.81. The van der Waals surface area contributed by atoms with E-state index in [0.29, 0.717) is 36.8 Å². The lowest BCUT2D eigenvalue weighted by atomic mass is 9.87. The number of hydrogen-bond acceptors (Lipinski definition) is 4. The van der Waals surface area contributed by atoms with E-state index < -0.39 is 0 Å². The molecule has 0 spiro atoms. The van der Waals surface area contributed by atoms with Gasteiger partial charge in [-0.1, -0.05) is 17.7 Å². The largest absolute Gasteiger partial charge is 0.454 e. The van der Waals surface area contributed by atoms with Crippen molar-refractivity contribution in [2.45, 2.75) is 52.6 Å². The number of rotatable bonds is 1. The molecule has 2 bridgehead atoms. The number of ether oxygens (including phenoxy) is 1. The summed E-state index contributed by atoms with van der Waals surface area (Å²) in [6.45, 7) is 9.35. The van der Waals surface area contributed by atoms with Crippen LogP contribution in [0.3, 0.4) is 0 Å². The summed E-state index contributed by atoms with van der Waals surface area (Å²) in [5.41, 5.74) is 2.85. The van der Waals surface area contributed by atoms with E-state index in [1.807, 2.05) is 19.9 Å². The average molecular weight is 328 g/mol. The first-order valence-electron chi connectivity index (χ1n) is 8.26. The summed E-state index contributed by atoms with van der Waals surface area (Å²) in [4.78, 5) is 36.4. The quantitative estimate of drug-likeness (QED) is 0.545. The molecule has 0 N–H and O–H groups in total. The molecular formula is C20H24O4. The van der Waals surface area contributed by atoms with E-state index in [1.165, 1.54) is 12.2 Å². The van der Waals surface area contributed by atoms with E-state index in [1.54, 1.807) is 6.92 Å². The number of hydrogen-bond donors (Lipinski definition) is 0. The van der Waals surface area contributed by atoms with Crippen molar-refractivity contribution in [2.24, 2.45) is 5.92 Å². The number of esters is 1. The van der Waals surface area contributed by atoms with E-state index in [4.69, 9.17) is 4.74 Å². The van der Waals surface area contributed by atoms with Gasteiger partial charge in [-0.05, 0) is 63.3 Å². The van der Waals surface area contributed by atoms with Crippen molar-refractivity contribution in [3.8, 4) is 0 Å². The van der Waals surface area contributed by atoms with Gasteiger partial charge in [0, 0.05) is 18.4 Å². The number of Topliss-reactive ketones (excluding diaryl/α,β-unsaturated/α-hetero) is 1. The van der Waals surface area contributed by atoms with Crippen molar-refractivity contribution in [1.29, 1.82) is 0 Å². The predicted molar refractivity (Wildman–Crippen MR) is 92.3 cm³/mol. The number of carbonyl (C=O) groups excluding carboxylic acids is 3. The first kappa shape index (κ1) is 18.1. The highest BCUT2D eigenvalue weighted by atomic mass is 16.5. The van der Waals surface area contributed by atoms with E-state index in [-0.39, 0.29) is 29.6 Å². The van der Waals surface area contributed by atoms with E-state index >= 15 is 0 Å². The standard InChI is InChI=1S/C20H24O4/c1-12(2)15-5-6-16-10-18(24-20(16)23)8-13(3)7-17(21)9-14(4)19(22)11-15/h7,9-10,15,18H,1,5-6,8,11H2,2-4H3/b13-7-,14-9-/t15?,18-/m0/s1. The van der Waals surface area contributed by atoms with E-state index in [2.05, 4.69) is 6.58 Å². The van der Waals surface area contributed by atoms with Gasteiger partial charge >= 0.3 is 5.97 Å². The fourth-order valence-electron chi connectivity index (χ4n) is 3.02. The highest BCUT2D eigenvalue weighted by molar-refractivity contribution is 6.07. The van der Waals surface area contributed by atoms with Crippen LogP contribution in [0.1, 0.15) is 46.5 Å². The lowest BCUT2D eigenvalue weighted by molar-refractivity contribution is -0.139. The molecule has 0 aromatic rings. The highest BCUT2D eigenvalue weighted by Gasteiger charge is 2.27. The van der Waals surface area contributed by atoms with Crippen LogP contribution in [0.25, 0.3) is 0 Å². The zero-order valence-corrected chi connectivity index (χ0v) is 14.6. The Morgan fingerprint density at radius 1 is 1.17 bits per heavy atom. The lowest BCUT2D eigenvalue weighted by Gasteiger charge is -2.16. The van der Waals surface area contributed by atoms with Crippen molar-refractivity contribution in [3.05, 3.63) is 47.1 Å². The number of carbonyl (C=O) groups is 3. The zero-order chi connectivity index (χ0) is 17.9. The molecule has 1 unspecified atom stereocenters. The van der Waals surface area contributed by atoms with Crippen LogP contribution in [0.4, 0.5) is 0 Å². The van der Waals surface area contributed by atoms with Crippen molar-refractivity contribution in [1.82, 2.24) is 0 Å². The van der Waals surface area contributed by atoms with Crippen molar-refractivity contribution in [3.63, 3.8) is 0 Å². The normalized spacial score (nSPS) is 30.5. The molecule has 0 radical (unpaired) electrons. The van der Waals surface area contributed by atoms with Crippen LogP contribution < -0.4 is 0 Å². The Hall–Kier alpha value is -2.23. The molecule has 24 heavy (non-hydrogen) atoms. The Bertz CT molecular complexity index is 676. The Morgan fingerprint density at radius 2 is 1.88 bits per heavy atom. The van der Waals surface area contributed by atoms with E-state index in [0.717, 1.165) is 11.1 Å². The van der Waals surface area contributed by atoms with Crippen LogP contribution in [-0.4, -0.2) is 23.6 Å². The minimum absolute atomic E-state index is 0.0103. The smallest absolute Gasteiger partial charge is 0.334 e. The molecule has 128 valence electrons. The summed E-state index contributed by atoms with van der Waals surface area (Å²) in [5.74, 6) is -0.574. The molecule has 4 nitrogen and oxygen atoms in total. The topological polar surface area (TPSA) is 60.4 Å². The van der Waals surface area contributed by atoms with Gasteiger partial charge in [-0.2, -0.15) is 0 Å². The van der Waals surface area contributed by atoms with Gasteiger partial charge in [-0.3, -0.25) is 9.59 Å².